The lowest BCUT2D eigenvalue weighted by Crippen LogP contribution is -1.84. The lowest BCUT2D eigenvalue weighted by molar-refractivity contribution is 1.67. The van der Waals surface area contributed by atoms with E-state index < -0.39 is 0 Å². The Morgan fingerprint density at radius 1 is 0.619 bits per heavy atom. The molecule has 4 aromatic rings. The van der Waals surface area contributed by atoms with Crippen LogP contribution in [-0.4, -0.2) is 0 Å². The first-order valence-electron chi connectivity index (χ1n) is 7.50. The molecule has 4 rings (SSSR count). The SMILES string of the molecule is [2H]c1c(-c2ccc3ccccc3c2)ccc2cc(N)ccc12. The highest BCUT2D eigenvalue weighted by Gasteiger charge is 2.02. The van der Waals surface area contributed by atoms with Gasteiger partial charge in [-0.05, 0) is 56.9 Å². The molecule has 1 nitrogen and oxygen atoms in total. The van der Waals surface area contributed by atoms with Gasteiger partial charge in [-0.1, -0.05) is 54.6 Å². The molecule has 2 N–H and O–H groups in total. The molecule has 0 saturated heterocycles. The Morgan fingerprint density at radius 2 is 1.29 bits per heavy atom. The number of nitrogens with two attached hydrogens (primary N) is 1. The van der Waals surface area contributed by atoms with Gasteiger partial charge in [0, 0.05) is 5.69 Å². The average Bonchev–Trinajstić information content (AvgIpc) is 2.54. The van der Waals surface area contributed by atoms with Crippen LogP contribution in [0.2, 0.25) is 0 Å². The molecule has 0 fully saturated rings. The summed E-state index contributed by atoms with van der Waals surface area (Å²) in [7, 11) is 0. The van der Waals surface area contributed by atoms with Gasteiger partial charge in [-0.3, -0.25) is 0 Å². The standard InChI is InChI=1S/C20H15N/c21-20-10-9-18-12-17(7-8-19(18)13-20)16-6-5-14-3-1-2-4-15(14)11-16/h1-13H,21H2/i12D. The van der Waals surface area contributed by atoms with Crippen LogP contribution in [0.1, 0.15) is 1.37 Å². The zero-order chi connectivity index (χ0) is 15.1. The summed E-state index contributed by atoms with van der Waals surface area (Å²) in [6.07, 6.45) is 0. The molecule has 4 aromatic carbocycles. The van der Waals surface area contributed by atoms with Crippen LogP contribution in [0, 0.1) is 0 Å². The first kappa shape index (κ1) is 10.9. The van der Waals surface area contributed by atoms with Crippen LogP contribution in [0.4, 0.5) is 5.69 Å². The molecule has 0 aliphatic rings. The monoisotopic (exact) mass is 270 g/mol. The molecule has 0 heterocycles. The number of fused-ring (bicyclic) bond motifs is 2. The second-order valence-electron chi connectivity index (χ2n) is 5.28. The molecule has 0 aromatic heterocycles. The van der Waals surface area contributed by atoms with Crippen LogP contribution in [0.5, 0.6) is 0 Å². The van der Waals surface area contributed by atoms with Crippen LogP contribution >= 0.6 is 0 Å². The highest BCUT2D eigenvalue weighted by Crippen LogP contribution is 2.28. The first-order valence-corrected chi connectivity index (χ1v) is 7.00. The maximum Gasteiger partial charge on any atom is 0.0636 e. The molecule has 1 heteroatoms. The number of rotatable bonds is 1. The molecular formula is C20H15N. The van der Waals surface area contributed by atoms with Crippen LogP contribution in [-0.2, 0) is 0 Å². The maximum atomic E-state index is 8.51. The van der Waals surface area contributed by atoms with Gasteiger partial charge in [0.2, 0.25) is 0 Å². The summed E-state index contributed by atoms with van der Waals surface area (Å²) in [6.45, 7) is 0. The summed E-state index contributed by atoms with van der Waals surface area (Å²) in [4.78, 5) is 0. The van der Waals surface area contributed by atoms with Crippen molar-refractivity contribution < 1.29 is 1.37 Å². The summed E-state index contributed by atoms with van der Waals surface area (Å²) in [5.74, 6) is 0. The van der Waals surface area contributed by atoms with Crippen molar-refractivity contribution in [3.63, 3.8) is 0 Å². The Hall–Kier alpha value is -2.80. The van der Waals surface area contributed by atoms with Crippen molar-refractivity contribution in [3.05, 3.63) is 78.8 Å². The lowest BCUT2D eigenvalue weighted by atomic mass is 9.98. The zero-order valence-electron chi connectivity index (χ0n) is 12.5. The molecule has 0 unspecified atom stereocenters. The normalized spacial score (nSPS) is 11.7. The molecule has 0 bridgehead atoms. The van der Waals surface area contributed by atoms with Gasteiger partial charge in [-0.15, -0.1) is 0 Å². The van der Waals surface area contributed by atoms with Crippen LogP contribution in [0.15, 0.2) is 78.8 Å². The van der Waals surface area contributed by atoms with E-state index in [1.54, 1.807) is 0 Å². The molecule has 0 aliphatic carbocycles. The van der Waals surface area contributed by atoms with Gasteiger partial charge in [-0.2, -0.15) is 0 Å². The third kappa shape index (κ3) is 2.13. The van der Waals surface area contributed by atoms with Gasteiger partial charge in [0.25, 0.3) is 0 Å². The Kier molecular flexibility index (Phi) is 2.41. The van der Waals surface area contributed by atoms with E-state index in [0.717, 1.165) is 27.6 Å². The third-order valence-electron chi connectivity index (χ3n) is 3.83. The Labute approximate surface area is 125 Å². The van der Waals surface area contributed by atoms with Gasteiger partial charge < -0.3 is 5.73 Å². The Balaban J connectivity index is 1.95. The largest absolute Gasteiger partial charge is 0.399 e. The summed E-state index contributed by atoms with van der Waals surface area (Å²) in [6, 6.07) is 24.9. The third-order valence-corrected chi connectivity index (χ3v) is 3.83. The van der Waals surface area contributed by atoms with E-state index >= 15 is 0 Å². The Bertz CT molecular complexity index is 1000. The minimum Gasteiger partial charge on any atom is -0.399 e. The highest BCUT2D eigenvalue weighted by molar-refractivity contribution is 5.92. The first-order chi connectivity index (χ1) is 10.7. The van der Waals surface area contributed by atoms with E-state index in [1.807, 2.05) is 42.5 Å². The summed E-state index contributed by atoms with van der Waals surface area (Å²) in [5.41, 5.74) is 8.57. The van der Waals surface area contributed by atoms with E-state index in [-0.39, 0.29) is 0 Å². The predicted molar refractivity (Wildman–Crippen MR) is 91.3 cm³/mol. The molecule has 100 valence electrons. The number of anilines is 1. The van der Waals surface area contributed by atoms with Crippen molar-refractivity contribution in [1.29, 1.82) is 0 Å². The molecule has 21 heavy (non-hydrogen) atoms. The molecule has 0 saturated carbocycles. The van der Waals surface area contributed by atoms with E-state index in [1.165, 1.54) is 10.8 Å². The van der Waals surface area contributed by atoms with E-state index in [9.17, 15) is 0 Å². The number of nitrogen functional groups attached to an aromatic ring is 1. The number of hydrogen-bond acceptors (Lipinski definition) is 1. The zero-order valence-corrected chi connectivity index (χ0v) is 11.5. The fourth-order valence-electron chi connectivity index (χ4n) is 2.72. The van der Waals surface area contributed by atoms with Crippen molar-refractivity contribution >= 4 is 27.2 Å². The topological polar surface area (TPSA) is 26.0 Å². The van der Waals surface area contributed by atoms with E-state index in [4.69, 9.17) is 7.10 Å². The smallest absolute Gasteiger partial charge is 0.0636 e. The fraction of sp³-hybridized carbons (Fsp3) is 0. The van der Waals surface area contributed by atoms with Crippen LogP contribution in [0.3, 0.4) is 0 Å². The van der Waals surface area contributed by atoms with Gasteiger partial charge >= 0.3 is 0 Å². The van der Waals surface area contributed by atoms with Gasteiger partial charge in [-0.25, -0.2) is 0 Å². The molecular weight excluding hydrogens is 254 g/mol. The minimum atomic E-state index is 0.549. The van der Waals surface area contributed by atoms with E-state index in [0.29, 0.717) is 6.04 Å². The molecule has 0 aliphatic heterocycles. The van der Waals surface area contributed by atoms with Crippen molar-refractivity contribution in [1.82, 2.24) is 0 Å². The highest BCUT2D eigenvalue weighted by atomic mass is 14.5. The summed E-state index contributed by atoms with van der Waals surface area (Å²) < 4.78 is 8.51. The van der Waals surface area contributed by atoms with Crippen molar-refractivity contribution in [2.24, 2.45) is 0 Å². The molecule has 0 amide bonds. The van der Waals surface area contributed by atoms with Crippen LogP contribution in [0.25, 0.3) is 32.7 Å². The number of benzene rings is 4. The van der Waals surface area contributed by atoms with Crippen LogP contribution < -0.4 is 5.73 Å². The molecule has 0 atom stereocenters. The molecule has 0 spiro atoms. The minimum absolute atomic E-state index is 0.549. The van der Waals surface area contributed by atoms with Gasteiger partial charge in [0.15, 0.2) is 0 Å². The van der Waals surface area contributed by atoms with E-state index in [2.05, 4.69) is 30.3 Å². The quantitative estimate of drug-likeness (QED) is 0.470. The molecule has 0 radical (unpaired) electrons. The second kappa shape index (κ2) is 4.64. The van der Waals surface area contributed by atoms with Gasteiger partial charge in [0.05, 0.1) is 1.37 Å². The number of hydrogen-bond donors (Lipinski definition) is 1. The average molecular weight is 270 g/mol. The van der Waals surface area contributed by atoms with Crippen molar-refractivity contribution in [2.45, 2.75) is 0 Å². The van der Waals surface area contributed by atoms with Gasteiger partial charge in [0.1, 0.15) is 0 Å². The predicted octanol–water partition coefficient (Wildman–Crippen LogP) is 5.24. The lowest BCUT2D eigenvalue weighted by Gasteiger charge is -2.06. The Morgan fingerprint density at radius 3 is 2.19 bits per heavy atom. The van der Waals surface area contributed by atoms with Crippen molar-refractivity contribution in [3.8, 4) is 11.1 Å². The fourth-order valence-corrected chi connectivity index (χ4v) is 2.72. The second-order valence-corrected chi connectivity index (χ2v) is 5.28. The summed E-state index contributed by atoms with van der Waals surface area (Å²) in [5, 5.41) is 4.34. The maximum absolute atomic E-state index is 8.51. The summed E-state index contributed by atoms with van der Waals surface area (Å²) >= 11 is 0. The van der Waals surface area contributed by atoms with Crippen molar-refractivity contribution in [2.75, 3.05) is 5.73 Å².